The lowest BCUT2D eigenvalue weighted by Gasteiger charge is -2.15. The number of aromatic nitrogens is 2. The number of nitrogens with one attached hydrogen (secondary N) is 1. The highest BCUT2D eigenvalue weighted by molar-refractivity contribution is 9.10. The average Bonchev–Trinajstić information content (AvgIpc) is 3.12. The summed E-state index contributed by atoms with van der Waals surface area (Å²) in [6, 6.07) is 3.89. The molecule has 6 heteroatoms. The monoisotopic (exact) mass is 385 g/mol. The Hall–Kier alpha value is -0.650. The number of thiophene rings is 1. The molecule has 1 aliphatic rings. The van der Waals surface area contributed by atoms with Crippen LogP contribution in [0.3, 0.4) is 0 Å². The number of anilines is 1. The van der Waals surface area contributed by atoms with Crippen molar-refractivity contribution in [2.75, 3.05) is 11.9 Å². The van der Waals surface area contributed by atoms with Crippen molar-refractivity contribution in [2.45, 2.75) is 38.5 Å². The Bertz CT molecular complexity index is 638. The van der Waals surface area contributed by atoms with Gasteiger partial charge < -0.3 is 5.32 Å². The van der Waals surface area contributed by atoms with E-state index in [2.05, 4.69) is 33.2 Å². The Labute approximate surface area is 142 Å². The van der Waals surface area contributed by atoms with Gasteiger partial charge in [0.1, 0.15) is 5.82 Å². The summed E-state index contributed by atoms with van der Waals surface area (Å²) in [5.74, 6) is 2.19. The third-order valence-electron chi connectivity index (χ3n) is 3.76. The van der Waals surface area contributed by atoms with E-state index in [0.29, 0.717) is 5.92 Å². The molecule has 0 spiro atoms. The highest BCUT2D eigenvalue weighted by Gasteiger charge is 2.24. The van der Waals surface area contributed by atoms with Crippen LogP contribution in [0.15, 0.2) is 16.6 Å². The molecule has 3 nitrogen and oxygen atoms in total. The van der Waals surface area contributed by atoms with Crippen LogP contribution in [0.4, 0.5) is 5.82 Å². The number of rotatable bonds is 4. The van der Waals surface area contributed by atoms with Gasteiger partial charge >= 0.3 is 0 Å². The van der Waals surface area contributed by atoms with Crippen LogP contribution in [0.2, 0.25) is 4.34 Å². The molecule has 1 N–H and O–H groups in total. The fourth-order valence-electron chi connectivity index (χ4n) is 2.76. The average molecular weight is 387 g/mol. The van der Waals surface area contributed by atoms with Gasteiger partial charge in [-0.25, -0.2) is 9.97 Å². The molecule has 3 rings (SSSR count). The summed E-state index contributed by atoms with van der Waals surface area (Å²) in [6.45, 7) is 2.91. The molecule has 0 aromatic carbocycles. The maximum atomic E-state index is 6.05. The molecular weight excluding hydrogens is 370 g/mol. The van der Waals surface area contributed by atoms with E-state index < -0.39 is 0 Å². The van der Waals surface area contributed by atoms with E-state index in [4.69, 9.17) is 16.6 Å². The molecule has 112 valence electrons. The topological polar surface area (TPSA) is 37.8 Å². The second-order valence-corrected chi connectivity index (χ2v) is 7.72. The van der Waals surface area contributed by atoms with Crippen LogP contribution in [0.1, 0.15) is 44.2 Å². The van der Waals surface area contributed by atoms with Crippen molar-refractivity contribution in [3.63, 3.8) is 0 Å². The van der Waals surface area contributed by atoms with Crippen LogP contribution in [-0.2, 0) is 0 Å². The van der Waals surface area contributed by atoms with Crippen molar-refractivity contribution in [1.82, 2.24) is 9.97 Å². The lowest BCUT2D eigenvalue weighted by atomic mass is 10.0. The molecular formula is C15H17BrClN3S. The van der Waals surface area contributed by atoms with Crippen molar-refractivity contribution in [3.8, 4) is 10.7 Å². The Kier molecular flexibility index (Phi) is 4.82. The van der Waals surface area contributed by atoms with Crippen molar-refractivity contribution in [2.24, 2.45) is 0 Å². The van der Waals surface area contributed by atoms with Gasteiger partial charge in [0, 0.05) is 12.5 Å². The molecule has 1 fully saturated rings. The zero-order chi connectivity index (χ0) is 14.8. The quantitative estimate of drug-likeness (QED) is 0.731. The van der Waals surface area contributed by atoms with Crippen molar-refractivity contribution in [1.29, 1.82) is 0 Å². The number of hydrogen-bond donors (Lipinski definition) is 1. The highest BCUT2D eigenvalue weighted by atomic mass is 79.9. The first-order valence-corrected chi connectivity index (χ1v) is 9.24. The van der Waals surface area contributed by atoms with Gasteiger partial charge in [0.05, 0.1) is 19.4 Å². The number of halogens is 2. The van der Waals surface area contributed by atoms with Crippen molar-refractivity contribution < 1.29 is 0 Å². The maximum Gasteiger partial charge on any atom is 0.172 e. The number of nitrogens with zero attached hydrogens (tertiary/aromatic N) is 2. The first-order valence-electron chi connectivity index (χ1n) is 7.26. The minimum Gasteiger partial charge on any atom is -0.369 e. The molecule has 21 heavy (non-hydrogen) atoms. The largest absolute Gasteiger partial charge is 0.369 e. The second kappa shape index (κ2) is 6.63. The van der Waals surface area contributed by atoms with E-state index >= 15 is 0 Å². The lowest BCUT2D eigenvalue weighted by molar-refractivity contribution is 0.691. The van der Waals surface area contributed by atoms with Crippen LogP contribution >= 0.6 is 38.9 Å². The van der Waals surface area contributed by atoms with E-state index in [1.54, 1.807) is 0 Å². The molecule has 1 aliphatic carbocycles. The minimum atomic E-state index is 0.536. The van der Waals surface area contributed by atoms with Gasteiger partial charge in [-0.2, -0.15) is 0 Å². The summed E-state index contributed by atoms with van der Waals surface area (Å²) in [7, 11) is 0. The zero-order valence-corrected chi connectivity index (χ0v) is 15.0. The van der Waals surface area contributed by atoms with Crippen LogP contribution in [-0.4, -0.2) is 16.5 Å². The van der Waals surface area contributed by atoms with Crippen LogP contribution in [0, 0.1) is 0 Å². The van der Waals surface area contributed by atoms with Gasteiger partial charge in [0.2, 0.25) is 0 Å². The van der Waals surface area contributed by atoms with Crippen molar-refractivity contribution in [3.05, 3.63) is 26.6 Å². The standard InChI is InChI=1S/C15H17BrClN3S/c1-2-18-15-12(16)13(9-5-3-4-6-9)19-14(20-15)10-7-8-11(17)21-10/h7-9H,2-6H2,1H3,(H,18,19,20). The second-order valence-electron chi connectivity index (χ2n) is 5.21. The third-order valence-corrected chi connectivity index (χ3v) is 5.77. The van der Waals surface area contributed by atoms with Gasteiger partial charge in [0.25, 0.3) is 0 Å². The summed E-state index contributed by atoms with van der Waals surface area (Å²) in [5.41, 5.74) is 1.14. The molecule has 2 aromatic rings. The molecule has 0 radical (unpaired) electrons. The maximum absolute atomic E-state index is 6.05. The molecule has 2 heterocycles. The van der Waals surface area contributed by atoms with E-state index in [1.807, 2.05) is 12.1 Å². The van der Waals surface area contributed by atoms with Gasteiger partial charge in [-0.05, 0) is 47.8 Å². The fraction of sp³-hybridized carbons (Fsp3) is 0.467. The Balaban J connectivity index is 2.07. The Morgan fingerprint density at radius 1 is 1.33 bits per heavy atom. The predicted molar refractivity (Wildman–Crippen MR) is 93.4 cm³/mol. The first-order chi connectivity index (χ1) is 10.2. The van der Waals surface area contributed by atoms with Gasteiger partial charge in [-0.1, -0.05) is 24.4 Å². The molecule has 0 aliphatic heterocycles. The summed E-state index contributed by atoms with van der Waals surface area (Å²) >= 11 is 11.3. The Morgan fingerprint density at radius 2 is 2.10 bits per heavy atom. The fourth-order valence-corrected chi connectivity index (χ4v) is 4.38. The summed E-state index contributed by atoms with van der Waals surface area (Å²) in [6.07, 6.45) is 5.01. The summed E-state index contributed by atoms with van der Waals surface area (Å²) < 4.78 is 1.78. The minimum absolute atomic E-state index is 0.536. The molecule has 0 unspecified atom stereocenters. The molecule has 0 saturated heterocycles. The van der Waals surface area contributed by atoms with Crippen LogP contribution in [0.5, 0.6) is 0 Å². The number of hydrogen-bond acceptors (Lipinski definition) is 4. The summed E-state index contributed by atoms with van der Waals surface area (Å²) in [4.78, 5) is 10.5. The highest BCUT2D eigenvalue weighted by Crippen LogP contribution is 2.40. The van der Waals surface area contributed by atoms with Crippen LogP contribution in [0.25, 0.3) is 10.7 Å². The molecule has 2 aromatic heterocycles. The van der Waals surface area contributed by atoms with E-state index in [0.717, 1.165) is 37.6 Å². The third kappa shape index (κ3) is 3.25. The van der Waals surface area contributed by atoms with Crippen LogP contribution < -0.4 is 5.32 Å². The molecule has 1 saturated carbocycles. The molecule has 0 bridgehead atoms. The van der Waals surface area contributed by atoms with Gasteiger partial charge in [0.15, 0.2) is 5.82 Å². The normalized spacial score (nSPS) is 15.6. The predicted octanol–water partition coefficient (Wildman–Crippen LogP) is 5.71. The Morgan fingerprint density at radius 3 is 2.71 bits per heavy atom. The van der Waals surface area contributed by atoms with E-state index in [-0.39, 0.29) is 0 Å². The van der Waals surface area contributed by atoms with Crippen molar-refractivity contribution >= 4 is 44.7 Å². The SMILES string of the molecule is CCNc1nc(-c2ccc(Cl)s2)nc(C2CCCC2)c1Br. The zero-order valence-electron chi connectivity index (χ0n) is 11.8. The molecule has 0 amide bonds. The first kappa shape index (κ1) is 15.3. The molecule has 0 atom stereocenters. The van der Waals surface area contributed by atoms with Gasteiger partial charge in [-0.3, -0.25) is 0 Å². The van der Waals surface area contributed by atoms with E-state index in [1.165, 1.54) is 37.0 Å². The smallest absolute Gasteiger partial charge is 0.172 e. The van der Waals surface area contributed by atoms with E-state index in [9.17, 15) is 0 Å². The van der Waals surface area contributed by atoms with Gasteiger partial charge in [-0.15, -0.1) is 11.3 Å². The lowest BCUT2D eigenvalue weighted by Crippen LogP contribution is -2.08. The summed E-state index contributed by atoms with van der Waals surface area (Å²) in [5, 5.41) is 3.33.